The second kappa shape index (κ2) is 4.83. The number of rotatable bonds is 4. The molecule has 21 heavy (non-hydrogen) atoms. The fourth-order valence-electron chi connectivity index (χ4n) is 3.70. The minimum atomic E-state index is -0.619. The summed E-state index contributed by atoms with van der Waals surface area (Å²) in [5, 5.41) is 0. The predicted molar refractivity (Wildman–Crippen MR) is 76.4 cm³/mol. The zero-order valence-electron chi connectivity index (χ0n) is 13.0. The summed E-state index contributed by atoms with van der Waals surface area (Å²) in [6.07, 6.45) is 4.28. The van der Waals surface area contributed by atoms with Crippen molar-refractivity contribution in [3.8, 4) is 0 Å². The number of likely N-dealkylation sites (tertiary alicyclic amines) is 1. The molecule has 0 aliphatic carbocycles. The maximum absolute atomic E-state index is 12.8. The summed E-state index contributed by atoms with van der Waals surface area (Å²) in [6.45, 7) is 8.28. The highest BCUT2D eigenvalue weighted by atomic mass is 16.6. The van der Waals surface area contributed by atoms with Gasteiger partial charge in [-0.05, 0) is 27.2 Å². The predicted octanol–water partition coefficient (Wildman–Crippen LogP) is 1.52. The summed E-state index contributed by atoms with van der Waals surface area (Å²) in [4.78, 5) is 27.0. The number of carbonyl (C=O) groups excluding carboxylic acids is 2. The lowest BCUT2D eigenvalue weighted by Crippen LogP contribution is -2.41. The Morgan fingerprint density at radius 2 is 2.24 bits per heavy atom. The van der Waals surface area contributed by atoms with Crippen LogP contribution >= 0.6 is 0 Å². The highest BCUT2D eigenvalue weighted by Gasteiger charge is 2.67. The normalized spacial score (nSPS) is 38.2. The van der Waals surface area contributed by atoms with E-state index in [2.05, 4.69) is 6.92 Å². The summed E-state index contributed by atoms with van der Waals surface area (Å²) in [5.74, 6) is -1.21. The van der Waals surface area contributed by atoms with Crippen molar-refractivity contribution in [1.29, 1.82) is 0 Å². The molecule has 0 N–H and O–H groups in total. The van der Waals surface area contributed by atoms with Crippen molar-refractivity contribution < 1.29 is 19.1 Å². The first-order chi connectivity index (χ1) is 9.89. The van der Waals surface area contributed by atoms with E-state index >= 15 is 0 Å². The largest absolute Gasteiger partial charge is 0.463 e. The average Bonchev–Trinajstić information content (AvgIpc) is 3.05. The maximum atomic E-state index is 12.8. The quantitative estimate of drug-likeness (QED) is 0.582. The molecule has 0 aromatic carbocycles. The summed E-state index contributed by atoms with van der Waals surface area (Å²) in [7, 11) is 0. The average molecular weight is 293 g/mol. The van der Waals surface area contributed by atoms with Crippen molar-refractivity contribution >= 4 is 11.9 Å². The first kappa shape index (κ1) is 14.6. The third kappa shape index (κ3) is 2.01. The van der Waals surface area contributed by atoms with E-state index in [-0.39, 0.29) is 30.1 Å². The number of hydrogen-bond donors (Lipinski definition) is 0. The van der Waals surface area contributed by atoms with Crippen LogP contribution in [0.25, 0.3) is 0 Å². The fraction of sp³-hybridized carbons (Fsp3) is 0.750. The molecule has 1 amide bonds. The van der Waals surface area contributed by atoms with Crippen LogP contribution in [0, 0.1) is 11.8 Å². The van der Waals surface area contributed by atoms with Gasteiger partial charge in [0.05, 0.1) is 24.7 Å². The van der Waals surface area contributed by atoms with Gasteiger partial charge in [0.1, 0.15) is 11.5 Å². The zero-order chi connectivity index (χ0) is 15.4. The minimum absolute atomic E-state index is 0.0295. The summed E-state index contributed by atoms with van der Waals surface area (Å²) >= 11 is 0. The monoisotopic (exact) mass is 293 g/mol. The molecule has 2 bridgehead atoms. The van der Waals surface area contributed by atoms with Gasteiger partial charge in [0, 0.05) is 6.04 Å². The molecule has 5 atom stereocenters. The van der Waals surface area contributed by atoms with Gasteiger partial charge in [-0.3, -0.25) is 9.59 Å². The number of carbonyl (C=O) groups is 2. The molecule has 0 unspecified atom stereocenters. The molecule has 2 saturated heterocycles. The first-order valence-corrected chi connectivity index (χ1v) is 7.77. The van der Waals surface area contributed by atoms with Crippen LogP contribution in [-0.4, -0.2) is 47.2 Å². The van der Waals surface area contributed by atoms with Crippen molar-refractivity contribution in [2.45, 2.75) is 58.0 Å². The highest BCUT2D eigenvalue weighted by molar-refractivity contribution is 5.91. The first-order valence-electron chi connectivity index (χ1n) is 7.77. The second-order valence-corrected chi connectivity index (χ2v) is 6.61. The number of nitrogens with zero attached hydrogens (tertiary/aromatic N) is 1. The van der Waals surface area contributed by atoms with E-state index in [1.165, 1.54) is 0 Å². The van der Waals surface area contributed by atoms with Gasteiger partial charge in [-0.25, -0.2) is 0 Å². The number of fused-ring (bicyclic) bond motifs is 1. The molecule has 5 nitrogen and oxygen atoms in total. The van der Waals surface area contributed by atoms with E-state index in [1.54, 1.807) is 0 Å². The van der Waals surface area contributed by atoms with Gasteiger partial charge < -0.3 is 14.4 Å². The Kier molecular flexibility index (Phi) is 3.35. The summed E-state index contributed by atoms with van der Waals surface area (Å²) < 4.78 is 11.4. The van der Waals surface area contributed by atoms with Gasteiger partial charge in [-0.2, -0.15) is 0 Å². The second-order valence-electron chi connectivity index (χ2n) is 6.61. The Bertz CT molecular complexity index is 501. The van der Waals surface area contributed by atoms with Gasteiger partial charge in [-0.15, -0.1) is 0 Å². The Morgan fingerprint density at radius 1 is 1.52 bits per heavy atom. The molecule has 0 saturated carbocycles. The molecule has 116 valence electrons. The molecule has 3 aliphatic heterocycles. The van der Waals surface area contributed by atoms with E-state index in [0.717, 1.165) is 6.42 Å². The highest BCUT2D eigenvalue weighted by Crippen LogP contribution is 2.52. The SMILES string of the molecule is CC[C@H](C)N1C[C@]23C=C[C@@H](O2)[C@@H](C(=O)OC(C)C)[C@@H]3C1=O. The number of hydrogen-bond acceptors (Lipinski definition) is 4. The molecule has 2 fully saturated rings. The number of esters is 1. The van der Waals surface area contributed by atoms with Crippen molar-refractivity contribution in [3.63, 3.8) is 0 Å². The van der Waals surface area contributed by atoms with Crippen LogP contribution in [0.5, 0.6) is 0 Å². The van der Waals surface area contributed by atoms with Gasteiger partial charge in [-0.1, -0.05) is 19.1 Å². The molecule has 3 rings (SSSR count). The smallest absolute Gasteiger partial charge is 0.313 e. The molecule has 1 spiro atoms. The zero-order valence-corrected chi connectivity index (χ0v) is 13.0. The van der Waals surface area contributed by atoms with Gasteiger partial charge in [0.2, 0.25) is 5.91 Å². The lowest BCUT2D eigenvalue weighted by molar-refractivity contribution is -0.157. The Morgan fingerprint density at radius 3 is 2.86 bits per heavy atom. The van der Waals surface area contributed by atoms with Crippen LogP contribution in [0.1, 0.15) is 34.1 Å². The molecule has 5 heteroatoms. The number of ether oxygens (including phenoxy) is 2. The van der Waals surface area contributed by atoms with Crippen LogP contribution in [0.3, 0.4) is 0 Å². The van der Waals surface area contributed by atoms with Crippen molar-refractivity contribution in [1.82, 2.24) is 4.90 Å². The lowest BCUT2D eigenvalue weighted by atomic mass is 9.77. The van der Waals surface area contributed by atoms with E-state index in [4.69, 9.17) is 9.47 Å². The number of amides is 1. The van der Waals surface area contributed by atoms with Crippen LogP contribution in [-0.2, 0) is 19.1 Å². The van der Waals surface area contributed by atoms with Crippen LogP contribution in [0.2, 0.25) is 0 Å². The Balaban J connectivity index is 1.88. The third-order valence-corrected chi connectivity index (χ3v) is 4.88. The fourth-order valence-corrected chi connectivity index (χ4v) is 3.70. The van der Waals surface area contributed by atoms with Crippen molar-refractivity contribution in [2.75, 3.05) is 6.54 Å². The molecule has 0 radical (unpaired) electrons. The van der Waals surface area contributed by atoms with E-state index in [1.807, 2.05) is 37.8 Å². The van der Waals surface area contributed by atoms with E-state index in [9.17, 15) is 9.59 Å². The molecule has 3 heterocycles. The van der Waals surface area contributed by atoms with Crippen LogP contribution in [0.15, 0.2) is 12.2 Å². The minimum Gasteiger partial charge on any atom is -0.463 e. The summed E-state index contributed by atoms with van der Waals surface area (Å²) in [6, 6.07) is 0.162. The van der Waals surface area contributed by atoms with Crippen LogP contribution < -0.4 is 0 Å². The Hall–Kier alpha value is -1.36. The molecule has 0 aromatic rings. The van der Waals surface area contributed by atoms with E-state index < -0.39 is 17.4 Å². The van der Waals surface area contributed by atoms with Gasteiger partial charge in [0.25, 0.3) is 0 Å². The van der Waals surface area contributed by atoms with Crippen molar-refractivity contribution in [2.24, 2.45) is 11.8 Å². The molecular weight excluding hydrogens is 270 g/mol. The standard InChI is InChI=1S/C16H23NO4/c1-5-10(4)17-8-16-7-6-11(21-16)12(13(16)14(17)18)15(19)20-9(2)3/h6-7,9-13H,5,8H2,1-4H3/t10-,11+,12+,13+,16-/m0/s1. The van der Waals surface area contributed by atoms with Gasteiger partial charge in [0.15, 0.2) is 0 Å². The molecule has 0 aromatic heterocycles. The molecular formula is C16H23NO4. The maximum Gasteiger partial charge on any atom is 0.313 e. The lowest BCUT2D eigenvalue weighted by Gasteiger charge is -2.26. The molecule has 3 aliphatic rings. The third-order valence-electron chi connectivity index (χ3n) is 4.88. The Labute approximate surface area is 125 Å². The summed E-state index contributed by atoms with van der Waals surface area (Å²) in [5.41, 5.74) is -0.619. The topological polar surface area (TPSA) is 55.8 Å². The van der Waals surface area contributed by atoms with Crippen molar-refractivity contribution in [3.05, 3.63) is 12.2 Å². The van der Waals surface area contributed by atoms with Gasteiger partial charge >= 0.3 is 5.97 Å². The van der Waals surface area contributed by atoms with E-state index in [0.29, 0.717) is 6.54 Å². The van der Waals surface area contributed by atoms with Crippen LogP contribution in [0.4, 0.5) is 0 Å².